The largest absolute Gasteiger partial charge is 0.344 e. The van der Waals surface area contributed by atoms with E-state index >= 15 is 0 Å². The molecule has 0 aliphatic heterocycles. The Morgan fingerprint density at radius 1 is 1.06 bits per heavy atom. The normalized spacial score (nSPS) is 10.9. The summed E-state index contributed by atoms with van der Waals surface area (Å²) in [6.45, 7) is 1.46. The number of hydrogen-bond donors (Lipinski definition) is 2. The van der Waals surface area contributed by atoms with Gasteiger partial charge >= 0.3 is 0 Å². The number of carbonyl (C=O) groups is 1. The maximum atomic E-state index is 11.4. The highest BCUT2D eigenvalue weighted by atomic mass is 32.1. The number of hydrogen-bond acceptors (Lipinski definition) is 6. The number of thiazole rings is 1. The number of anilines is 1. The van der Waals surface area contributed by atoms with E-state index in [1.807, 2.05) is 53.3 Å². The van der Waals surface area contributed by atoms with Crippen molar-refractivity contribution in [2.75, 3.05) is 5.32 Å². The molecule has 4 aromatic heterocycles. The number of H-pyrrole nitrogens is 1. The molecule has 0 fully saturated rings. The Hall–Kier alpha value is -4.11. The van der Waals surface area contributed by atoms with Crippen LogP contribution in [0.15, 0.2) is 73.4 Å². The highest BCUT2D eigenvalue weighted by Gasteiger charge is 2.18. The smallest absolute Gasteiger partial charge is 0.222 e. The van der Waals surface area contributed by atoms with Crippen molar-refractivity contribution < 1.29 is 4.79 Å². The molecule has 1 amide bonds. The average molecular weight is 427 g/mol. The first-order chi connectivity index (χ1) is 15.2. The summed E-state index contributed by atoms with van der Waals surface area (Å²) in [5.41, 5.74) is 3.59. The molecule has 0 aliphatic carbocycles. The second kappa shape index (κ2) is 7.96. The second-order valence-corrected chi connectivity index (χ2v) is 7.75. The topological polar surface area (TPSA) is 101 Å². The zero-order chi connectivity index (χ0) is 21.2. The van der Waals surface area contributed by atoms with E-state index in [0.29, 0.717) is 5.82 Å². The first kappa shape index (κ1) is 18.9. The average Bonchev–Trinajstić information content (AvgIpc) is 3.55. The molecule has 9 heteroatoms. The van der Waals surface area contributed by atoms with Gasteiger partial charge < -0.3 is 10.3 Å². The van der Waals surface area contributed by atoms with Gasteiger partial charge in [0.15, 0.2) is 0 Å². The standard InChI is InChI=1S/C22H17N7OS/c1-14(30)27-18-13-16(6-8-23-18)22-28-19(20(31-22)21-24-9-10-25-21)15-4-2-5-17(12-15)29-11-3-7-26-29/h2-13H,1H3,(H,24,25)(H,23,27,30). The predicted molar refractivity (Wildman–Crippen MR) is 120 cm³/mol. The fourth-order valence-electron chi connectivity index (χ4n) is 3.22. The van der Waals surface area contributed by atoms with Gasteiger partial charge in [-0.15, -0.1) is 11.3 Å². The Labute approximate surface area is 181 Å². The van der Waals surface area contributed by atoms with Crippen molar-refractivity contribution in [1.82, 2.24) is 29.7 Å². The molecule has 0 spiro atoms. The van der Waals surface area contributed by atoms with E-state index in [0.717, 1.165) is 38.2 Å². The summed E-state index contributed by atoms with van der Waals surface area (Å²) >= 11 is 1.53. The van der Waals surface area contributed by atoms with Crippen molar-refractivity contribution in [2.24, 2.45) is 0 Å². The minimum atomic E-state index is -0.170. The van der Waals surface area contributed by atoms with Gasteiger partial charge in [-0.2, -0.15) is 5.10 Å². The van der Waals surface area contributed by atoms with Gasteiger partial charge in [-0.3, -0.25) is 4.79 Å². The van der Waals surface area contributed by atoms with Gasteiger partial charge in [-0.05, 0) is 30.3 Å². The van der Waals surface area contributed by atoms with E-state index in [4.69, 9.17) is 4.98 Å². The molecule has 0 unspecified atom stereocenters. The number of rotatable bonds is 5. The third kappa shape index (κ3) is 3.86. The number of aromatic amines is 1. The van der Waals surface area contributed by atoms with Crippen molar-refractivity contribution >= 4 is 23.1 Å². The van der Waals surface area contributed by atoms with Crippen molar-refractivity contribution in [3.05, 3.63) is 73.4 Å². The third-order valence-corrected chi connectivity index (χ3v) is 5.65. The van der Waals surface area contributed by atoms with E-state index in [1.54, 1.807) is 24.8 Å². The molecular formula is C22H17N7OS. The van der Waals surface area contributed by atoms with Crippen LogP contribution in [0.2, 0.25) is 0 Å². The lowest BCUT2D eigenvalue weighted by atomic mass is 10.1. The highest BCUT2D eigenvalue weighted by molar-refractivity contribution is 7.18. The monoisotopic (exact) mass is 427 g/mol. The molecule has 0 atom stereocenters. The number of nitrogens with zero attached hydrogens (tertiary/aromatic N) is 5. The van der Waals surface area contributed by atoms with Crippen LogP contribution in [0.5, 0.6) is 0 Å². The summed E-state index contributed by atoms with van der Waals surface area (Å²) in [6.07, 6.45) is 8.82. The summed E-state index contributed by atoms with van der Waals surface area (Å²) in [5.74, 6) is 1.07. The minimum absolute atomic E-state index is 0.170. The zero-order valence-electron chi connectivity index (χ0n) is 16.5. The zero-order valence-corrected chi connectivity index (χ0v) is 17.3. The molecule has 8 nitrogen and oxygen atoms in total. The SMILES string of the molecule is CC(=O)Nc1cc(-c2nc(-c3cccc(-n4cccn4)c3)c(-c3ncc[nH]3)s2)ccn1. The van der Waals surface area contributed by atoms with Crippen LogP contribution < -0.4 is 5.32 Å². The summed E-state index contributed by atoms with van der Waals surface area (Å²) in [6, 6.07) is 13.6. The van der Waals surface area contributed by atoms with Gasteiger partial charge in [0.2, 0.25) is 5.91 Å². The number of aromatic nitrogens is 6. The number of amides is 1. The third-order valence-electron chi connectivity index (χ3n) is 4.54. The van der Waals surface area contributed by atoms with Crippen molar-refractivity contribution in [3.8, 4) is 38.2 Å². The van der Waals surface area contributed by atoms with Crippen LogP contribution in [-0.4, -0.2) is 35.6 Å². The van der Waals surface area contributed by atoms with Gasteiger partial charge in [0.05, 0.1) is 16.3 Å². The van der Waals surface area contributed by atoms with E-state index in [9.17, 15) is 4.79 Å². The first-order valence-electron chi connectivity index (χ1n) is 9.52. The fourth-order valence-corrected chi connectivity index (χ4v) is 4.26. The highest BCUT2D eigenvalue weighted by Crippen LogP contribution is 2.39. The second-order valence-electron chi connectivity index (χ2n) is 6.75. The van der Waals surface area contributed by atoms with Crippen molar-refractivity contribution in [3.63, 3.8) is 0 Å². The summed E-state index contributed by atoms with van der Waals surface area (Å²) < 4.78 is 1.81. The van der Waals surface area contributed by atoms with Gasteiger partial charge in [-0.25, -0.2) is 19.6 Å². The van der Waals surface area contributed by atoms with Crippen molar-refractivity contribution in [1.29, 1.82) is 0 Å². The Bertz CT molecular complexity index is 1340. The van der Waals surface area contributed by atoms with E-state index in [2.05, 4.69) is 25.4 Å². The molecule has 0 radical (unpaired) electrons. The van der Waals surface area contributed by atoms with Gasteiger partial charge in [0.25, 0.3) is 0 Å². The summed E-state index contributed by atoms with van der Waals surface area (Å²) in [4.78, 5) is 29.1. The molecule has 0 saturated carbocycles. The van der Waals surface area contributed by atoms with E-state index in [1.165, 1.54) is 18.3 Å². The molecule has 5 rings (SSSR count). The molecule has 0 bridgehead atoms. The van der Waals surface area contributed by atoms with Gasteiger partial charge in [-0.1, -0.05) is 12.1 Å². The molecule has 152 valence electrons. The molecule has 0 aliphatic rings. The van der Waals surface area contributed by atoms with Crippen LogP contribution in [0.4, 0.5) is 5.82 Å². The minimum Gasteiger partial charge on any atom is -0.344 e. The number of carbonyl (C=O) groups excluding carboxylic acids is 1. The van der Waals surface area contributed by atoms with Crippen LogP contribution in [0, 0.1) is 0 Å². The lowest BCUT2D eigenvalue weighted by Gasteiger charge is -2.05. The van der Waals surface area contributed by atoms with Crippen LogP contribution in [0.3, 0.4) is 0 Å². The quantitative estimate of drug-likeness (QED) is 0.433. The Kier molecular flexibility index (Phi) is 4.85. The first-order valence-corrected chi connectivity index (χ1v) is 10.3. The maximum Gasteiger partial charge on any atom is 0.222 e. The number of benzene rings is 1. The number of pyridine rings is 1. The molecular weight excluding hydrogens is 410 g/mol. The Morgan fingerprint density at radius 2 is 2.00 bits per heavy atom. The molecule has 5 aromatic rings. The van der Waals surface area contributed by atoms with Gasteiger partial charge in [0.1, 0.15) is 16.6 Å². The molecule has 31 heavy (non-hydrogen) atoms. The maximum absolute atomic E-state index is 11.4. The Morgan fingerprint density at radius 3 is 2.77 bits per heavy atom. The summed E-state index contributed by atoms with van der Waals surface area (Å²) in [5, 5.41) is 7.84. The Balaban J connectivity index is 1.62. The van der Waals surface area contributed by atoms with Gasteiger partial charge in [0, 0.05) is 49.0 Å². The molecule has 1 aromatic carbocycles. The van der Waals surface area contributed by atoms with E-state index < -0.39 is 0 Å². The molecule has 0 saturated heterocycles. The van der Waals surface area contributed by atoms with E-state index in [-0.39, 0.29) is 5.91 Å². The molecule has 2 N–H and O–H groups in total. The van der Waals surface area contributed by atoms with Crippen LogP contribution >= 0.6 is 11.3 Å². The van der Waals surface area contributed by atoms with Crippen molar-refractivity contribution in [2.45, 2.75) is 6.92 Å². The molecule has 4 heterocycles. The predicted octanol–water partition coefficient (Wildman–Crippen LogP) is 4.41. The van der Waals surface area contributed by atoms with Crippen LogP contribution in [0.25, 0.3) is 38.2 Å². The number of nitrogens with one attached hydrogen (secondary N) is 2. The summed E-state index contributed by atoms with van der Waals surface area (Å²) in [7, 11) is 0. The van der Waals surface area contributed by atoms with Crippen LogP contribution in [0.1, 0.15) is 6.92 Å². The number of imidazole rings is 1. The lowest BCUT2D eigenvalue weighted by Crippen LogP contribution is -2.07. The lowest BCUT2D eigenvalue weighted by molar-refractivity contribution is -0.114. The fraction of sp³-hybridized carbons (Fsp3) is 0.0455. The van der Waals surface area contributed by atoms with Crippen LogP contribution in [-0.2, 0) is 4.79 Å².